The van der Waals surface area contributed by atoms with Crippen molar-refractivity contribution in [2.45, 2.75) is 69.5 Å². The number of nitrogens with one attached hydrogen (secondary N) is 1. The highest BCUT2D eigenvalue weighted by Crippen LogP contribution is 2.28. The minimum Gasteiger partial charge on any atom is -0.494 e. The van der Waals surface area contributed by atoms with Crippen LogP contribution in [0.4, 0.5) is 5.69 Å². The number of sulfonamides is 1. The van der Waals surface area contributed by atoms with Crippen LogP contribution in [0.5, 0.6) is 5.75 Å². The van der Waals surface area contributed by atoms with Crippen LogP contribution in [0.3, 0.4) is 0 Å². The van der Waals surface area contributed by atoms with Crippen LogP contribution in [-0.2, 0) is 26.2 Å². The molecule has 8 nitrogen and oxygen atoms in total. The van der Waals surface area contributed by atoms with E-state index in [0.29, 0.717) is 18.0 Å². The first-order valence-electron chi connectivity index (χ1n) is 14.4. The van der Waals surface area contributed by atoms with Crippen molar-refractivity contribution in [1.29, 1.82) is 0 Å². The van der Waals surface area contributed by atoms with Crippen LogP contribution in [0.2, 0.25) is 0 Å². The number of carbonyl (C=O) groups excluding carboxylic acids is 2. The van der Waals surface area contributed by atoms with Gasteiger partial charge in [-0.3, -0.25) is 13.9 Å². The molecule has 230 valence electrons. The summed E-state index contributed by atoms with van der Waals surface area (Å²) in [6.07, 6.45) is 5.10. The lowest BCUT2D eigenvalue weighted by Crippen LogP contribution is -2.53. The van der Waals surface area contributed by atoms with Gasteiger partial charge in [-0.05, 0) is 92.9 Å². The molecule has 1 fully saturated rings. The summed E-state index contributed by atoms with van der Waals surface area (Å²) in [5.41, 5.74) is 1.12. The van der Waals surface area contributed by atoms with Crippen LogP contribution >= 0.6 is 31.9 Å². The molecule has 43 heavy (non-hydrogen) atoms. The fourth-order valence-electron chi connectivity index (χ4n) is 5.12. The molecule has 1 N–H and O–H groups in total. The van der Waals surface area contributed by atoms with Gasteiger partial charge in [-0.15, -0.1) is 0 Å². The molecule has 0 saturated heterocycles. The van der Waals surface area contributed by atoms with Gasteiger partial charge in [-0.25, -0.2) is 8.42 Å². The fraction of sp³-hybridized carbons (Fsp3) is 0.375. The molecule has 1 aliphatic rings. The average molecular weight is 736 g/mol. The molecule has 1 atom stereocenters. The monoisotopic (exact) mass is 733 g/mol. The molecule has 0 heterocycles. The molecule has 2 amide bonds. The highest BCUT2D eigenvalue weighted by molar-refractivity contribution is 9.10. The van der Waals surface area contributed by atoms with Crippen LogP contribution in [-0.4, -0.2) is 50.4 Å². The zero-order chi connectivity index (χ0) is 31.0. The smallest absolute Gasteiger partial charge is 0.264 e. The third-order valence-electron chi connectivity index (χ3n) is 7.48. The SMILES string of the molecule is CCOc1ccc(N(CC(=O)N(Cc2cccc(Br)c2)C(C)C(=O)NC2CCCCC2)S(=O)(=O)c2ccc(Br)cc2)cc1. The Morgan fingerprint density at radius 2 is 1.63 bits per heavy atom. The van der Waals surface area contributed by atoms with Crippen molar-refractivity contribution in [1.82, 2.24) is 10.2 Å². The molecular weight excluding hydrogens is 698 g/mol. The second-order valence-corrected chi connectivity index (χ2v) is 14.3. The number of ether oxygens (including phenoxy) is 1. The van der Waals surface area contributed by atoms with Crippen molar-refractivity contribution in [2.24, 2.45) is 0 Å². The fourth-order valence-corrected chi connectivity index (χ4v) is 7.25. The number of amides is 2. The van der Waals surface area contributed by atoms with E-state index in [4.69, 9.17) is 4.74 Å². The van der Waals surface area contributed by atoms with E-state index in [1.54, 1.807) is 43.3 Å². The molecule has 0 radical (unpaired) electrons. The summed E-state index contributed by atoms with van der Waals surface area (Å²) in [7, 11) is -4.16. The van der Waals surface area contributed by atoms with Gasteiger partial charge in [0.1, 0.15) is 18.3 Å². The van der Waals surface area contributed by atoms with Crippen molar-refractivity contribution in [3.8, 4) is 5.75 Å². The number of hydrogen-bond donors (Lipinski definition) is 1. The number of nitrogens with zero attached hydrogens (tertiary/aromatic N) is 2. The Morgan fingerprint density at radius 3 is 2.26 bits per heavy atom. The van der Waals surface area contributed by atoms with Gasteiger partial charge >= 0.3 is 0 Å². The van der Waals surface area contributed by atoms with Gasteiger partial charge in [-0.1, -0.05) is 63.3 Å². The Bertz CT molecular complexity index is 1490. The van der Waals surface area contributed by atoms with E-state index in [-0.39, 0.29) is 23.4 Å². The Balaban J connectivity index is 1.68. The maximum absolute atomic E-state index is 14.2. The predicted molar refractivity (Wildman–Crippen MR) is 175 cm³/mol. The number of rotatable bonds is 12. The molecule has 1 unspecified atom stereocenters. The van der Waals surface area contributed by atoms with Gasteiger partial charge < -0.3 is 15.0 Å². The van der Waals surface area contributed by atoms with Crippen molar-refractivity contribution in [3.05, 3.63) is 87.3 Å². The van der Waals surface area contributed by atoms with Crippen LogP contribution in [0.25, 0.3) is 0 Å². The zero-order valence-electron chi connectivity index (χ0n) is 24.3. The van der Waals surface area contributed by atoms with E-state index in [1.807, 2.05) is 31.2 Å². The van der Waals surface area contributed by atoms with E-state index in [9.17, 15) is 18.0 Å². The van der Waals surface area contributed by atoms with Gasteiger partial charge in [-0.2, -0.15) is 0 Å². The first-order chi connectivity index (χ1) is 20.6. The number of hydrogen-bond acceptors (Lipinski definition) is 5. The summed E-state index contributed by atoms with van der Waals surface area (Å²) in [4.78, 5) is 29.1. The Morgan fingerprint density at radius 1 is 0.953 bits per heavy atom. The van der Waals surface area contributed by atoms with E-state index >= 15 is 0 Å². The molecule has 1 aliphatic carbocycles. The van der Waals surface area contributed by atoms with Crippen molar-refractivity contribution in [2.75, 3.05) is 17.5 Å². The largest absolute Gasteiger partial charge is 0.494 e. The number of anilines is 1. The Labute approximate surface area is 271 Å². The maximum Gasteiger partial charge on any atom is 0.264 e. The standard InChI is InChI=1S/C32H37Br2N3O5S/c1-3-42-29-16-14-28(15-17-29)37(43(40,41)30-18-12-25(33)13-19-30)22-31(38)36(21-24-8-7-9-26(34)20-24)23(2)32(39)35-27-10-5-4-6-11-27/h7-9,12-20,23,27H,3-6,10-11,21-22H2,1-2H3,(H,35,39). The molecule has 0 aliphatic heterocycles. The molecule has 0 spiro atoms. The van der Waals surface area contributed by atoms with Crippen LogP contribution in [0.15, 0.2) is 86.6 Å². The number of carbonyl (C=O) groups is 2. The highest BCUT2D eigenvalue weighted by atomic mass is 79.9. The summed E-state index contributed by atoms with van der Waals surface area (Å²) >= 11 is 6.84. The van der Waals surface area contributed by atoms with Gasteiger partial charge in [0.25, 0.3) is 10.0 Å². The summed E-state index contributed by atoms with van der Waals surface area (Å²) < 4.78 is 36.2. The summed E-state index contributed by atoms with van der Waals surface area (Å²) in [6, 6.07) is 19.6. The number of benzene rings is 3. The molecular formula is C32H37Br2N3O5S. The topological polar surface area (TPSA) is 96.0 Å². The van der Waals surface area contributed by atoms with Gasteiger partial charge in [0.05, 0.1) is 17.2 Å². The molecule has 3 aromatic rings. The minimum atomic E-state index is -4.16. The summed E-state index contributed by atoms with van der Waals surface area (Å²) in [5, 5.41) is 3.12. The van der Waals surface area contributed by atoms with Crippen molar-refractivity contribution in [3.63, 3.8) is 0 Å². The first-order valence-corrected chi connectivity index (χ1v) is 17.5. The van der Waals surface area contributed by atoms with E-state index in [2.05, 4.69) is 37.2 Å². The molecule has 4 rings (SSSR count). The third-order valence-corrected chi connectivity index (χ3v) is 10.3. The zero-order valence-corrected chi connectivity index (χ0v) is 28.3. The molecule has 3 aromatic carbocycles. The molecule has 0 aromatic heterocycles. The first kappa shape index (κ1) is 33.0. The van der Waals surface area contributed by atoms with Gasteiger partial charge in [0.15, 0.2) is 0 Å². The predicted octanol–water partition coefficient (Wildman–Crippen LogP) is 6.67. The molecule has 1 saturated carbocycles. The summed E-state index contributed by atoms with van der Waals surface area (Å²) in [5.74, 6) is -0.165. The Hall–Kier alpha value is -2.89. The van der Waals surface area contributed by atoms with Crippen LogP contribution in [0.1, 0.15) is 51.5 Å². The van der Waals surface area contributed by atoms with Gasteiger partial charge in [0.2, 0.25) is 11.8 Å². The number of halogens is 2. The summed E-state index contributed by atoms with van der Waals surface area (Å²) in [6.45, 7) is 3.65. The Kier molecular flexibility index (Phi) is 11.7. The van der Waals surface area contributed by atoms with E-state index in [0.717, 1.165) is 50.9 Å². The lowest BCUT2D eigenvalue weighted by molar-refractivity contribution is -0.139. The van der Waals surface area contributed by atoms with E-state index < -0.39 is 28.5 Å². The minimum absolute atomic E-state index is 0.0408. The second kappa shape index (κ2) is 15.2. The lowest BCUT2D eigenvalue weighted by Gasteiger charge is -2.33. The lowest BCUT2D eigenvalue weighted by atomic mass is 9.95. The quantitative estimate of drug-likeness (QED) is 0.224. The van der Waals surface area contributed by atoms with Crippen molar-refractivity contribution < 1.29 is 22.7 Å². The third kappa shape index (κ3) is 8.83. The van der Waals surface area contributed by atoms with Crippen molar-refractivity contribution >= 4 is 59.4 Å². The van der Waals surface area contributed by atoms with Crippen LogP contribution < -0.4 is 14.4 Å². The van der Waals surface area contributed by atoms with Gasteiger partial charge in [0, 0.05) is 21.5 Å². The second-order valence-electron chi connectivity index (χ2n) is 10.6. The average Bonchev–Trinajstić information content (AvgIpc) is 2.99. The maximum atomic E-state index is 14.2. The normalized spacial score (nSPS) is 14.5. The molecule has 0 bridgehead atoms. The molecule has 11 heteroatoms. The highest BCUT2D eigenvalue weighted by Gasteiger charge is 2.33. The van der Waals surface area contributed by atoms with Crippen LogP contribution in [0, 0.1) is 0 Å². The van der Waals surface area contributed by atoms with E-state index in [1.165, 1.54) is 17.0 Å².